The second kappa shape index (κ2) is 8.79. The van der Waals surface area contributed by atoms with E-state index in [9.17, 15) is 4.79 Å². The lowest BCUT2D eigenvalue weighted by Crippen LogP contribution is -2.11. The lowest BCUT2D eigenvalue weighted by atomic mass is 10.1. The summed E-state index contributed by atoms with van der Waals surface area (Å²) in [6.07, 6.45) is 4.51. The summed E-state index contributed by atoms with van der Waals surface area (Å²) < 4.78 is 7.78. The van der Waals surface area contributed by atoms with Crippen LogP contribution in [-0.2, 0) is 6.42 Å². The van der Waals surface area contributed by atoms with Crippen molar-refractivity contribution >= 4 is 11.6 Å². The van der Waals surface area contributed by atoms with Crippen LogP contribution in [0.3, 0.4) is 0 Å². The van der Waals surface area contributed by atoms with Gasteiger partial charge in [0.05, 0.1) is 0 Å². The van der Waals surface area contributed by atoms with Gasteiger partial charge in [-0.1, -0.05) is 19.1 Å². The Bertz CT molecular complexity index is 1200. The van der Waals surface area contributed by atoms with Crippen molar-refractivity contribution in [3.05, 3.63) is 89.8 Å². The van der Waals surface area contributed by atoms with E-state index in [0.717, 1.165) is 12.2 Å². The molecule has 0 unspecified atom stereocenters. The number of aromatic nitrogens is 4. The summed E-state index contributed by atoms with van der Waals surface area (Å²) in [6.45, 7) is 5.80. The maximum atomic E-state index is 12.4. The van der Waals surface area contributed by atoms with Gasteiger partial charge in [-0.25, -0.2) is 9.97 Å². The number of rotatable bonds is 6. The number of anilines is 1. The number of hydrogen-bond acceptors (Lipinski definition) is 5. The molecular weight excluding hydrogens is 390 g/mol. The Morgan fingerprint density at radius 2 is 1.77 bits per heavy atom. The Kier molecular flexibility index (Phi) is 5.75. The predicted octanol–water partition coefficient (Wildman–Crippen LogP) is 4.89. The summed E-state index contributed by atoms with van der Waals surface area (Å²) in [7, 11) is 0. The maximum Gasteiger partial charge on any atom is 0.255 e. The largest absolute Gasteiger partial charge is 0.439 e. The molecule has 1 amide bonds. The number of nitrogens with zero attached hydrogens (tertiary/aromatic N) is 4. The highest BCUT2D eigenvalue weighted by Gasteiger charge is 2.09. The van der Waals surface area contributed by atoms with Crippen LogP contribution in [0, 0.1) is 13.8 Å². The van der Waals surface area contributed by atoms with Crippen LogP contribution < -0.4 is 10.1 Å². The first kappa shape index (κ1) is 20.3. The summed E-state index contributed by atoms with van der Waals surface area (Å²) in [5.41, 5.74) is 2.51. The van der Waals surface area contributed by atoms with Crippen molar-refractivity contribution in [3.8, 4) is 17.4 Å². The van der Waals surface area contributed by atoms with Gasteiger partial charge < -0.3 is 10.1 Å². The fourth-order valence-electron chi connectivity index (χ4n) is 3.14. The Labute approximate surface area is 180 Å². The normalized spacial score (nSPS) is 10.7. The van der Waals surface area contributed by atoms with Gasteiger partial charge in [-0.3, -0.25) is 9.36 Å². The maximum absolute atomic E-state index is 12.4. The Balaban J connectivity index is 1.45. The molecule has 0 radical (unpaired) electrons. The van der Waals surface area contributed by atoms with Gasteiger partial charge in [0.15, 0.2) is 0 Å². The van der Waals surface area contributed by atoms with Crippen LogP contribution >= 0.6 is 0 Å². The van der Waals surface area contributed by atoms with Gasteiger partial charge in [0.1, 0.15) is 23.2 Å². The Morgan fingerprint density at radius 1 is 1.03 bits per heavy atom. The van der Waals surface area contributed by atoms with E-state index in [1.54, 1.807) is 36.5 Å². The molecule has 31 heavy (non-hydrogen) atoms. The predicted molar refractivity (Wildman–Crippen MR) is 119 cm³/mol. The smallest absolute Gasteiger partial charge is 0.255 e. The zero-order chi connectivity index (χ0) is 21.8. The van der Waals surface area contributed by atoms with E-state index < -0.39 is 0 Å². The van der Waals surface area contributed by atoms with Gasteiger partial charge in [0.2, 0.25) is 5.88 Å². The van der Waals surface area contributed by atoms with Gasteiger partial charge in [-0.2, -0.15) is 4.98 Å². The van der Waals surface area contributed by atoms with Crippen molar-refractivity contribution in [1.82, 2.24) is 19.5 Å². The Morgan fingerprint density at radius 3 is 2.42 bits per heavy atom. The van der Waals surface area contributed by atoms with Crippen LogP contribution in [0.1, 0.15) is 34.5 Å². The van der Waals surface area contributed by atoms with Crippen molar-refractivity contribution < 1.29 is 9.53 Å². The van der Waals surface area contributed by atoms with E-state index in [-0.39, 0.29) is 5.91 Å². The highest BCUT2D eigenvalue weighted by Crippen LogP contribution is 2.23. The SMILES string of the molecule is CCc1ccc(C(=O)Nc2ccc(Oc3cc(-n4ccnc4C)nc(C)n3)cc2)cc1. The van der Waals surface area contributed by atoms with Crippen LogP contribution in [-0.4, -0.2) is 25.4 Å². The standard InChI is InChI=1S/C24H23N5O2/c1-4-18-5-7-19(8-6-18)24(30)28-20-9-11-21(12-10-20)31-23-15-22(26-16(2)27-23)29-14-13-25-17(29)3/h5-15H,4H2,1-3H3,(H,28,30). The molecule has 7 nitrogen and oxygen atoms in total. The molecule has 2 aromatic carbocycles. The minimum Gasteiger partial charge on any atom is -0.439 e. The van der Waals surface area contributed by atoms with Gasteiger partial charge in [-0.15, -0.1) is 0 Å². The highest BCUT2D eigenvalue weighted by molar-refractivity contribution is 6.04. The van der Waals surface area contributed by atoms with Crippen LogP contribution in [0.2, 0.25) is 0 Å². The molecule has 4 rings (SSSR count). The third kappa shape index (κ3) is 4.78. The molecule has 2 heterocycles. The summed E-state index contributed by atoms with van der Waals surface area (Å²) in [4.78, 5) is 25.5. The molecule has 0 fully saturated rings. The topological polar surface area (TPSA) is 81.9 Å². The molecule has 0 atom stereocenters. The second-order valence-electron chi connectivity index (χ2n) is 7.09. The summed E-state index contributed by atoms with van der Waals surface area (Å²) in [6, 6.07) is 16.5. The molecule has 0 spiro atoms. The minimum absolute atomic E-state index is 0.150. The van der Waals surface area contributed by atoms with E-state index >= 15 is 0 Å². The molecule has 7 heteroatoms. The van der Waals surface area contributed by atoms with Gasteiger partial charge >= 0.3 is 0 Å². The lowest BCUT2D eigenvalue weighted by molar-refractivity contribution is 0.102. The molecule has 4 aromatic rings. The zero-order valence-electron chi connectivity index (χ0n) is 17.7. The molecule has 2 aromatic heterocycles. The first-order valence-electron chi connectivity index (χ1n) is 10.1. The first-order valence-corrected chi connectivity index (χ1v) is 10.1. The van der Waals surface area contributed by atoms with E-state index in [1.807, 2.05) is 48.9 Å². The summed E-state index contributed by atoms with van der Waals surface area (Å²) in [5.74, 6) is 3.01. The van der Waals surface area contributed by atoms with Crippen molar-refractivity contribution in [2.75, 3.05) is 5.32 Å². The van der Waals surface area contributed by atoms with E-state index in [0.29, 0.717) is 34.5 Å². The van der Waals surface area contributed by atoms with Crippen LogP contribution in [0.15, 0.2) is 67.0 Å². The number of carbonyl (C=O) groups is 1. The summed E-state index contributed by atoms with van der Waals surface area (Å²) >= 11 is 0. The quantitative estimate of drug-likeness (QED) is 0.487. The number of amides is 1. The van der Waals surface area contributed by atoms with E-state index in [1.165, 1.54) is 5.56 Å². The number of benzene rings is 2. The molecule has 156 valence electrons. The highest BCUT2D eigenvalue weighted by atomic mass is 16.5. The van der Waals surface area contributed by atoms with Crippen molar-refractivity contribution in [2.24, 2.45) is 0 Å². The van der Waals surface area contributed by atoms with Crippen molar-refractivity contribution in [2.45, 2.75) is 27.2 Å². The lowest BCUT2D eigenvalue weighted by Gasteiger charge is -2.10. The van der Waals surface area contributed by atoms with Gasteiger partial charge in [-0.05, 0) is 62.2 Å². The number of aryl methyl sites for hydroxylation is 3. The summed E-state index contributed by atoms with van der Waals surface area (Å²) in [5, 5.41) is 2.90. The zero-order valence-corrected chi connectivity index (χ0v) is 17.7. The van der Waals surface area contributed by atoms with Gasteiger partial charge in [0, 0.05) is 29.7 Å². The number of imidazole rings is 1. The molecule has 1 N–H and O–H groups in total. The van der Waals surface area contributed by atoms with Crippen LogP contribution in [0.25, 0.3) is 5.82 Å². The molecule has 0 aliphatic rings. The number of hydrogen-bond donors (Lipinski definition) is 1. The monoisotopic (exact) mass is 413 g/mol. The van der Waals surface area contributed by atoms with E-state index in [2.05, 4.69) is 27.2 Å². The van der Waals surface area contributed by atoms with Crippen LogP contribution in [0.4, 0.5) is 5.69 Å². The molecular formula is C24H23N5O2. The number of ether oxygens (including phenoxy) is 1. The number of nitrogens with one attached hydrogen (secondary N) is 1. The molecule has 0 saturated carbocycles. The van der Waals surface area contributed by atoms with Gasteiger partial charge in [0.25, 0.3) is 5.91 Å². The van der Waals surface area contributed by atoms with E-state index in [4.69, 9.17) is 4.74 Å². The van der Waals surface area contributed by atoms with Crippen molar-refractivity contribution in [1.29, 1.82) is 0 Å². The second-order valence-corrected chi connectivity index (χ2v) is 7.09. The molecule has 0 aliphatic heterocycles. The third-order valence-electron chi connectivity index (χ3n) is 4.83. The van der Waals surface area contributed by atoms with Crippen LogP contribution in [0.5, 0.6) is 11.6 Å². The molecule has 0 saturated heterocycles. The minimum atomic E-state index is -0.150. The fraction of sp³-hybridized carbons (Fsp3) is 0.167. The third-order valence-corrected chi connectivity index (χ3v) is 4.83. The molecule has 0 aliphatic carbocycles. The van der Waals surface area contributed by atoms with Crippen molar-refractivity contribution in [3.63, 3.8) is 0 Å². The Hall–Kier alpha value is -4.00. The average molecular weight is 413 g/mol. The number of carbonyl (C=O) groups excluding carboxylic acids is 1. The average Bonchev–Trinajstić information content (AvgIpc) is 3.20. The fourth-order valence-corrected chi connectivity index (χ4v) is 3.14. The molecule has 0 bridgehead atoms. The first-order chi connectivity index (χ1) is 15.0.